The predicted octanol–water partition coefficient (Wildman–Crippen LogP) is 3.25. The average molecular weight is 435 g/mol. The molecular weight excluding hydrogens is 411 g/mol. The first-order valence-electron chi connectivity index (χ1n) is 10.2. The maximum absolute atomic E-state index is 13.4. The molecule has 0 saturated heterocycles. The minimum Gasteiger partial charge on any atom is -0.389 e. The number of hydrogen-bond donors (Lipinski definition) is 1. The second kappa shape index (κ2) is 8.33. The number of aliphatic hydroxyl groups excluding tert-OH is 1. The van der Waals surface area contributed by atoms with Crippen LogP contribution in [0, 0.1) is 0 Å². The van der Waals surface area contributed by atoms with Gasteiger partial charge in [0.05, 0.1) is 35.5 Å². The van der Waals surface area contributed by atoms with E-state index < -0.39 is 18.1 Å². The maximum Gasteiger partial charge on any atom is 0.449 e. The molecule has 3 atom stereocenters. The Hall–Kier alpha value is -2.88. The standard InChI is InChI=1S/C21H24F3N5O2/c1-27(16-8-9-17(19(16)31)28-12-10-25-13-28)18(30)7-4-11-29-15-6-3-2-5-14(15)26-20(29)21(22,23)24/h2-3,5-6,10,12-13,16-17,19,31H,4,7-9,11H2,1H3/t16-,17-,19-/m1/s1. The molecule has 0 aliphatic heterocycles. The monoisotopic (exact) mass is 435 g/mol. The quantitative estimate of drug-likeness (QED) is 0.645. The molecule has 0 bridgehead atoms. The van der Waals surface area contributed by atoms with Crippen molar-refractivity contribution in [2.24, 2.45) is 0 Å². The number of hydrogen-bond acceptors (Lipinski definition) is 4. The summed E-state index contributed by atoms with van der Waals surface area (Å²) in [6.45, 7) is 0.0276. The Kier molecular flexibility index (Phi) is 5.74. The van der Waals surface area contributed by atoms with Gasteiger partial charge in [-0.05, 0) is 31.4 Å². The fraction of sp³-hybridized carbons (Fsp3) is 0.476. The Morgan fingerprint density at radius 3 is 2.77 bits per heavy atom. The molecule has 1 aliphatic rings. The number of aromatic nitrogens is 4. The van der Waals surface area contributed by atoms with E-state index >= 15 is 0 Å². The Bertz CT molecular complexity index is 1050. The third-order valence-electron chi connectivity index (χ3n) is 6.03. The molecule has 2 aromatic heterocycles. The van der Waals surface area contributed by atoms with Crippen molar-refractivity contribution in [3.63, 3.8) is 0 Å². The number of likely N-dealkylation sites (N-methyl/N-ethyl adjacent to an activating group) is 1. The van der Waals surface area contributed by atoms with Crippen molar-refractivity contribution < 1.29 is 23.1 Å². The first kappa shape index (κ1) is 21.4. The van der Waals surface area contributed by atoms with Crippen LogP contribution in [0.15, 0.2) is 43.0 Å². The number of aliphatic hydroxyl groups is 1. The van der Waals surface area contributed by atoms with Gasteiger partial charge in [0.25, 0.3) is 0 Å². The maximum atomic E-state index is 13.4. The smallest absolute Gasteiger partial charge is 0.389 e. The summed E-state index contributed by atoms with van der Waals surface area (Å²) in [6, 6.07) is 5.96. The van der Waals surface area contributed by atoms with E-state index in [1.165, 1.54) is 11.0 Å². The number of amides is 1. The molecule has 1 amide bonds. The van der Waals surface area contributed by atoms with Crippen LogP contribution in [0.1, 0.15) is 37.5 Å². The van der Waals surface area contributed by atoms with Crippen molar-refractivity contribution >= 4 is 16.9 Å². The van der Waals surface area contributed by atoms with E-state index in [0.29, 0.717) is 11.9 Å². The number of nitrogens with zero attached hydrogens (tertiary/aromatic N) is 5. The van der Waals surface area contributed by atoms with Gasteiger partial charge in [0.15, 0.2) is 0 Å². The van der Waals surface area contributed by atoms with Crippen LogP contribution in [-0.2, 0) is 17.5 Å². The number of rotatable bonds is 6. The summed E-state index contributed by atoms with van der Waals surface area (Å²) < 4.78 is 43.2. The van der Waals surface area contributed by atoms with Crippen molar-refractivity contribution in [2.75, 3.05) is 7.05 Å². The summed E-state index contributed by atoms with van der Waals surface area (Å²) in [6.07, 6.45) is 1.46. The van der Waals surface area contributed by atoms with E-state index in [2.05, 4.69) is 9.97 Å². The molecule has 7 nitrogen and oxygen atoms in total. The molecule has 1 aromatic carbocycles. The molecule has 0 unspecified atom stereocenters. The highest BCUT2D eigenvalue weighted by Crippen LogP contribution is 2.34. The van der Waals surface area contributed by atoms with Gasteiger partial charge in [0.2, 0.25) is 11.7 Å². The summed E-state index contributed by atoms with van der Waals surface area (Å²) in [5.74, 6) is -1.16. The topological polar surface area (TPSA) is 76.2 Å². The average Bonchev–Trinajstić information content (AvgIpc) is 3.45. The summed E-state index contributed by atoms with van der Waals surface area (Å²) in [4.78, 5) is 21.9. The van der Waals surface area contributed by atoms with Crippen LogP contribution in [0.3, 0.4) is 0 Å². The third kappa shape index (κ3) is 4.16. The van der Waals surface area contributed by atoms with Crippen LogP contribution in [0.2, 0.25) is 0 Å². The zero-order chi connectivity index (χ0) is 22.2. The molecule has 2 heterocycles. The van der Waals surface area contributed by atoms with Gasteiger partial charge in [0.1, 0.15) is 0 Å². The highest BCUT2D eigenvalue weighted by molar-refractivity contribution is 5.77. The van der Waals surface area contributed by atoms with Crippen molar-refractivity contribution in [2.45, 2.75) is 56.6 Å². The van der Waals surface area contributed by atoms with Crippen molar-refractivity contribution in [1.82, 2.24) is 24.0 Å². The first-order valence-corrected chi connectivity index (χ1v) is 10.2. The number of fused-ring (bicyclic) bond motifs is 1. The van der Waals surface area contributed by atoms with Crippen molar-refractivity contribution in [3.05, 3.63) is 48.8 Å². The van der Waals surface area contributed by atoms with E-state index in [0.717, 1.165) is 11.0 Å². The highest BCUT2D eigenvalue weighted by atomic mass is 19.4. The summed E-state index contributed by atoms with van der Waals surface area (Å²) in [7, 11) is 1.64. The molecule has 0 spiro atoms. The molecule has 0 radical (unpaired) electrons. The third-order valence-corrected chi connectivity index (χ3v) is 6.03. The highest BCUT2D eigenvalue weighted by Gasteiger charge is 2.40. The largest absolute Gasteiger partial charge is 0.449 e. The number of carbonyl (C=O) groups excluding carboxylic acids is 1. The van der Waals surface area contributed by atoms with Crippen molar-refractivity contribution in [3.8, 4) is 0 Å². The number of alkyl halides is 3. The number of carbonyl (C=O) groups is 1. The van der Waals surface area contributed by atoms with E-state index in [1.807, 2.05) is 4.57 Å². The van der Waals surface area contributed by atoms with Crippen LogP contribution >= 0.6 is 0 Å². The van der Waals surface area contributed by atoms with E-state index in [1.54, 1.807) is 44.0 Å². The van der Waals surface area contributed by atoms with E-state index in [9.17, 15) is 23.1 Å². The van der Waals surface area contributed by atoms with Gasteiger partial charge >= 0.3 is 6.18 Å². The van der Waals surface area contributed by atoms with Crippen molar-refractivity contribution in [1.29, 1.82) is 0 Å². The number of para-hydroxylation sites is 2. The molecule has 166 valence electrons. The van der Waals surface area contributed by atoms with Gasteiger partial charge in [0, 0.05) is 32.4 Å². The lowest BCUT2D eigenvalue weighted by Gasteiger charge is -2.29. The fourth-order valence-corrected chi connectivity index (χ4v) is 4.42. The van der Waals surface area contributed by atoms with Gasteiger partial charge in [-0.2, -0.15) is 13.2 Å². The summed E-state index contributed by atoms with van der Waals surface area (Å²) in [5.41, 5.74) is 0.669. The lowest BCUT2D eigenvalue weighted by molar-refractivity contribution is -0.147. The minimum atomic E-state index is -4.57. The SMILES string of the molecule is CN(C(=O)CCCn1c(C(F)(F)F)nc2ccccc21)[C@@H]1CC[C@@H](n2ccnc2)[C@@H]1O. The summed E-state index contributed by atoms with van der Waals surface area (Å²) >= 11 is 0. The second-order valence-corrected chi connectivity index (χ2v) is 7.89. The lowest BCUT2D eigenvalue weighted by atomic mass is 10.1. The van der Waals surface area contributed by atoms with Crippen LogP contribution in [0.25, 0.3) is 11.0 Å². The molecule has 10 heteroatoms. The molecule has 31 heavy (non-hydrogen) atoms. The van der Waals surface area contributed by atoms with Gasteiger partial charge < -0.3 is 19.1 Å². The molecule has 1 aliphatic carbocycles. The predicted molar refractivity (Wildman–Crippen MR) is 107 cm³/mol. The Balaban J connectivity index is 1.40. The number of aryl methyl sites for hydroxylation is 1. The van der Waals surface area contributed by atoms with Gasteiger partial charge in [-0.15, -0.1) is 0 Å². The van der Waals surface area contributed by atoms with E-state index in [4.69, 9.17) is 0 Å². The molecule has 4 rings (SSSR count). The number of benzene rings is 1. The van der Waals surface area contributed by atoms with Crippen LogP contribution in [0.5, 0.6) is 0 Å². The second-order valence-electron chi connectivity index (χ2n) is 7.89. The normalized spacial score (nSPS) is 21.6. The lowest BCUT2D eigenvalue weighted by Crippen LogP contribution is -2.43. The molecule has 3 aromatic rings. The van der Waals surface area contributed by atoms with Gasteiger partial charge in [-0.3, -0.25) is 4.79 Å². The van der Waals surface area contributed by atoms with Gasteiger partial charge in [-0.25, -0.2) is 9.97 Å². The molecular formula is C21H24F3N5O2. The number of halogens is 3. The Morgan fingerprint density at radius 2 is 2.06 bits per heavy atom. The number of imidazole rings is 2. The zero-order valence-corrected chi connectivity index (χ0v) is 17.0. The zero-order valence-electron chi connectivity index (χ0n) is 17.0. The molecule has 1 fully saturated rings. The molecule has 1 N–H and O–H groups in total. The van der Waals surface area contributed by atoms with Crippen LogP contribution in [-0.4, -0.2) is 54.2 Å². The van der Waals surface area contributed by atoms with Crippen LogP contribution in [0.4, 0.5) is 13.2 Å². The van der Waals surface area contributed by atoms with E-state index in [-0.39, 0.29) is 42.9 Å². The fourth-order valence-electron chi connectivity index (χ4n) is 4.42. The van der Waals surface area contributed by atoms with Crippen LogP contribution < -0.4 is 0 Å². The summed E-state index contributed by atoms with van der Waals surface area (Å²) in [5, 5.41) is 10.7. The van der Waals surface area contributed by atoms with Gasteiger partial charge in [-0.1, -0.05) is 12.1 Å². The molecule has 1 saturated carbocycles. The Labute approximate surface area is 177 Å². The Morgan fingerprint density at radius 1 is 1.29 bits per heavy atom. The minimum absolute atomic E-state index is 0.0276. The first-order chi connectivity index (χ1) is 14.8.